The first-order valence-electron chi connectivity index (χ1n) is 9.15. The molecule has 0 aliphatic carbocycles. The molecule has 1 fully saturated rings. The van der Waals surface area contributed by atoms with Gasteiger partial charge < -0.3 is 14.1 Å². The molecule has 1 atom stereocenters. The van der Waals surface area contributed by atoms with Gasteiger partial charge in [0.05, 0.1) is 11.7 Å². The van der Waals surface area contributed by atoms with E-state index in [1.165, 1.54) is 6.26 Å². The number of ether oxygens (including phenoxy) is 1. The van der Waals surface area contributed by atoms with Crippen molar-refractivity contribution in [2.24, 2.45) is 0 Å². The molecule has 6 heteroatoms. The molecule has 1 aliphatic rings. The zero-order valence-corrected chi connectivity index (χ0v) is 15.0. The lowest BCUT2D eigenvalue weighted by Gasteiger charge is -2.34. The number of piperidine rings is 1. The Kier molecular flexibility index (Phi) is 5.14. The summed E-state index contributed by atoms with van der Waals surface area (Å²) in [7, 11) is 0. The van der Waals surface area contributed by atoms with Crippen LogP contribution >= 0.6 is 0 Å². The number of benzene rings is 1. The highest BCUT2D eigenvalue weighted by molar-refractivity contribution is 5.92. The number of rotatable bonds is 5. The smallest absolute Gasteiger partial charge is 0.276 e. The van der Waals surface area contributed by atoms with E-state index in [1.807, 2.05) is 53.4 Å². The molecular weight excluding hydrogens is 342 g/mol. The maximum absolute atomic E-state index is 13.0. The van der Waals surface area contributed by atoms with Gasteiger partial charge >= 0.3 is 0 Å². The van der Waals surface area contributed by atoms with E-state index in [1.54, 1.807) is 6.20 Å². The van der Waals surface area contributed by atoms with Crippen molar-refractivity contribution in [3.63, 3.8) is 0 Å². The lowest BCUT2D eigenvalue weighted by Crippen LogP contribution is -2.39. The molecule has 0 bridgehead atoms. The third-order valence-corrected chi connectivity index (χ3v) is 4.67. The van der Waals surface area contributed by atoms with Crippen LogP contribution in [0.3, 0.4) is 0 Å². The maximum Gasteiger partial charge on any atom is 0.276 e. The molecule has 138 valence electrons. The zero-order valence-electron chi connectivity index (χ0n) is 15.0. The van der Waals surface area contributed by atoms with Crippen LogP contribution in [0.15, 0.2) is 65.4 Å². The first-order chi connectivity index (χ1) is 13.3. The lowest BCUT2D eigenvalue weighted by molar-refractivity contribution is 0.0600. The number of nitrogens with zero attached hydrogens (tertiary/aromatic N) is 3. The van der Waals surface area contributed by atoms with Crippen molar-refractivity contribution >= 4 is 5.91 Å². The van der Waals surface area contributed by atoms with Crippen LogP contribution < -0.4 is 4.74 Å². The van der Waals surface area contributed by atoms with Gasteiger partial charge in [0.25, 0.3) is 5.91 Å². The number of carbonyl (C=O) groups is 1. The molecular formula is C21H21N3O3. The minimum atomic E-state index is -0.125. The number of amides is 1. The Morgan fingerprint density at radius 3 is 2.81 bits per heavy atom. The first kappa shape index (κ1) is 17.3. The standard InChI is InChI=1S/C21H21N3O3/c25-21(24-13-7-5-11-19(24)17-10-4-6-12-22-17)18-14-27-20(23-18)15-26-16-8-2-1-3-9-16/h1-4,6,8-10,12,14,19H,5,7,11,13,15H2/t19-/m0/s1. The Bertz CT molecular complexity index is 880. The molecule has 0 spiro atoms. The van der Waals surface area contributed by atoms with E-state index in [4.69, 9.17) is 9.15 Å². The van der Waals surface area contributed by atoms with Crippen molar-refractivity contribution in [1.82, 2.24) is 14.9 Å². The third-order valence-electron chi connectivity index (χ3n) is 4.67. The van der Waals surface area contributed by atoms with Crippen LogP contribution in [0.2, 0.25) is 0 Å². The van der Waals surface area contributed by atoms with E-state index < -0.39 is 0 Å². The molecule has 3 heterocycles. The predicted molar refractivity (Wildman–Crippen MR) is 99.1 cm³/mol. The summed E-state index contributed by atoms with van der Waals surface area (Å²) < 4.78 is 11.1. The lowest BCUT2D eigenvalue weighted by atomic mass is 9.98. The molecule has 0 saturated carbocycles. The van der Waals surface area contributed by atoms with E-state index >= 15 is 0 Å². The van der Waals surface area contributed by atoms with Crippen LogP contribution in [-0.2, 0) is 6.61 Å². The normalized spacial score (nSPS) is 16.9. The van der Waals surface area contributed by atoms with Gasteiger partial charge in [0.1, 0.15) is 12.0 Å². The molecule has 0 N–H and O–H groups in total. The van der Waals surface area contributed by atoms with E-state index in [-0.39, 0.29) is 18.6 Å². The second kappa shape index (κ2) is 8.03. The van der Waals surface area contributed by atoms with Crippen molar-refractivity contribution in [2.45, 2.75) is 31.9 Å². The second-order valence-corrected chi connectivity index (χ2v) is 6.49. The van der Waals surface area contributed by atoms with Gasteiger partial charge in [-0.15, -0.1) is 0 Å². The number of para-hydroxylation sites is 1. The quantitative estimate of drug-likeness (QED) is 0.685. The van der Waals surface area contributed by atoms with Gasteiger partial charge in [0.15, 0.2) is 12.3 Å². The molecule has 1 amide bonds. The number of hydrogen-bond acceptors (Lipinski definition) is 5. The van der Waals surface area contributed by atoms with Crippen LogP contribution in [0.1, 0.15) is 47.4 Å². The average molecular weight is 363 g/mol. The number of oxazole rings is 1. The van der Waals surface area contributed by atoms with Gasteiger partial charge in [-0.05, 0) is 43.5 Å². The van der Waals surface area contributed by atoms with E-state index in [0.717, 1.165) is 30.7 Å². The molecule has 1 aromatic carbocycles. The van der Waals surface area contributed by atoms with Gasteiger partial charge in [0.2, 0.25) is 5.89 Å². The number of aromatic nitrogens is 2. The summed E-state index contributed by atoms with van der Waals surface area (Å²) in [6, 6.07) is 15.2. The summed E-state index contributed by atoms with van der Waals surface area (Å²) in [5, 5.41) is 0. The van der Waals surface area contributed by atoms with Crippen LogP contribution in [0, 0.1) is 0 Å². The van der Waals surface area contributed by atoms with Gasteiger partial charge in [0, 0.05) is 12.7 Å². The van der Waals surface area contributed by atoms with Gasteiger partial charge in [-0.3, -0.25) is 9.78 Å². The summed E-state index contributed by atoms with van der Waals surface area (Å²) >= 11 is 0. The number of pyridine rings is 1. The summed E-state index contributed by atoms with van der Waals surface area (Å²) in [6.45, 7) is 0.879. The number of hydrogen-bond donors (Lipinski definition) is 0. The minimum Gasteiger partial charge on any atom is -0.484 e. The third kappa shape index (κ3) is 4.00. The molecule has 0 unspecified atom stereocenters. The van der Waals surface area contributed by atoms with E-state index in [9.17, 15) is 4.79 Å². The first-order valence-corrected chi connectivity index (χ1v) is 9.15. The summed E-state index contributed by atoms with van der Waals surface area (Å²) in [6.07, 6.45) is 6.15. The topological polar surface area (TPSA) is 68.5 Å². The molecule has 6 nitrogen and oxygen atoms in total. The zero-order chi connectivity index (χ0) is 18.5. The summed E-state index contributed by atoms with van der Waals surface area (Å²) in [5.74, 6) is 0.989. The van der Waals surface area contributed by atoms with E-state index in [0.29, 0.717) is 18.1 Å². The highest BCUT2D eigenvalue weighted by Gasteiger charge is 2.31. The molecule has 27 heavy (non-hydrogen) atoms. The second-order valence-electron chi connectivity index (χ2n) is 6.49. The largest absolute Gasteiger partial charge is 0.484 e. The Hall–Kier alpha value is -3.15. The van der Waals surface area contributed by atoms with Crippen molar-refractivity contribution in [3.05, 3.63) is 78.3 Å². The van der Waals surface area contributed by atoms with Crippen LogP contribution in [0.25, 0.3) is 0 Å². The van der Waals surface area contributed by atoms with Crippen LogP contribution in [0.5, 0.6) is 5.75 Å². The van der Waals surface area contributed by atoms with Crippen LogP contribution in [-0.4, -0.2) is 27.3 Å². The van der Waals surface area contributed by atoms with Crippen LogP contribution in [0.4, 0.5) is 0 Å². The van der Waals surface area contributed by atoms with Crippen molar-refractivity contribution in [3.8, 4) is 5.75 Å². The highest BCUT2D eigenvalue weighted by atomic mass is 16.5. The molecule has 3 aromatic rings. The fourth-order valence-corrected chi connectivity index (χ4v) is 3.34. The fourth-order valence-electron chi connectivity index (χ4n) is 3.34. The summed E-state index contributed by atoms with van der Waals surface area (Å²) in [5.41, 5.74) is 1.23. The Morgan fingerprint density at radius 2 is 2.00 bits per heavy atom. The van der Waals surface area contributed by atoms with E-state index in [2.05, 4.69) is 9.97 Å². The number of carbonyl (C=O) groups excluding carboxylic acids is 1. The maximum atomic E-state index is 13.0. The highest BCUT2D eigenvalue weighted by Crippen LogP contribution is 2.30. The summed E-state index contributed by atoms with van der Waals surface area (Å²) in [4.78, 5) is 23.6. The molecule has 1 aliphatic heterocycles. The average Bonchev–Trinajstić information content (AvgIpc) is 3.22. The number of likely N-dealkylation sites (tertiary alicyclic amines) is 1. The van der Waals surface area contributed by atoms with Crippen molar-refractivity contribution in [1.29, 1.82) is 0 Å². The van der Waals surface area contributed by atoms with Gasteiger partial charge in [-0.1, -0.05) is 24.3 Å². The molecule has 1 saturated heterocycles. The van der Waals surface area contributed by atoms with Crippen molar-refractivity contribution < 1.29 is 13.9 Å². The Balaban J connectivity index is 1.46. The monoisotopic (exact) mass is 363 g/mol. The minimum absolute atomic E-state index is 0.0202. The molecule has 4 rings (SSSR count). The van der Waals surface area contributed by atoms with Gasteiger partial charge in [-0.2, -0.15) is 0 Å². The Labute approximate surface area is 157 Å². The fraction of sp³-hybridized carbons (Fsp3) is 0.286. The molecule has 2 aromatic heterocycles. The Morgan fingerprint density at radius 1 is 1.15 bits per heavy atom. The van der Waals surface area contributed by atoms with Gasteiger partial charge in [-0.25, -0.2) is 4.98 Å². The predicted octanol–water partition coefficient (Wildman–Crippen LogP) is 4.02. The van der Waals surface area contributed by atoms with Crippen molar-refractivity contribution in [2.75, 3.05) is 6.54 Å². The SMILES string of the molecule is O=C(c1coc(COc2ccccc2)n1)N1CCCC[C@H]1c1ccccn1. The molecule has 0 radical (unpaired) electrons.